The Labute approximate surface area is 90.5 Å². The molecule has 2 heteroatoms. The Balaban J connectivity index is 1.99. The van der Waals surface area contributed by atoms with Crippen LogP contribution in [0.1, 0.15) is 30.4 Å². The summed E-state index contributed by atoms with van der Waals surface area (Å²) in [7, 11) is 0. The summed E-state index contributed by atoms with van der Waals surface area (Å²) < 4.78 is 0. The molecule has 1 aromatic carbocycles. The first-order valence-corrected chi connectivity index (χ1v) is 5.94. The second kappa shape index (κ2) is 3.44. The minimum atomic E-state index is 0.520. The highest BCUT2D eigenvalue weighted by atomic mass is 16.3. The van der Waals surface area contributed by atoms with E-state index in [2.05, 4.69) is 11.0 Å². The molecule has 2 aliphatic rings. The normalized spacial score (nSPS) is 19.6. The van der Waals surface area contributed by atoms with Gasteiger partial charge < -0.3 is 10.0 Å². The van der Waals surface area contributed by atoms with Gasteiger partial charge in [0.2, 0.25) is 0 Å². The van der Waals surface area contributed by atoms with Crippen LogP contribution in [0.5, 0.6) is 5.75 Å². The second-order valence-electron chi connectivity index (χ2n) is 4.65. The number of aryl methyl sites for hydroxylation is 1. The molecule has 0 unspecified atom stereocenters. The number of anilines is 1. The van der Waals surface area contributed by atoms with Crippen molar-refractivity contribution in [1.82, 2.24) is 0 Å². The zero-order valence-corrected chi connectivity index (χ0v) is 9.00. The molecule has 1 aromatic rings. The van der Waals surface area contributed by atoms with Gasteiger partial charge in [0.15, 0.2) is 0 Å². The van der Waals surface area contributed by atoms with Crippen LogP contribution in [0.15, 0.2) is 12.1 Å². The Morgan fingerprint density at radius 3 is 2.60 bits per heavy atom. The topological polar surface area (TPSA) is 23.5 Å². The summed E-state index contributed by atoms with van der Waals surface area (Å²) in [5, 5.41) is 9.95. The number of hydrogen-bond acceptors (Lipinski definition) is 2. The zero-order valence-electron chi connectivity index (χ0n) is 9.00. The maximum absolute atomic E-state index is 9.95. The number of fused-ring (bicyclic) bond motifs is 1. The molecule has 1 saturated heterocycles. The van der Waals surface area contributed by atoms with Crippen molar-refractivity contribution in [3.05, 3.63) is 23.3 Å². The maximum atomic E-state index is 9.95. The van der Waals surface area contributed by atoms with Gasteiger partial charge in [-0.2, -0.15) is 0 Å². The van der Waals surface area contributed by atoms with Crippen LogP contribution in [0.3, 0.4) is 0 Å². The van der Waals surface area contributed by atoms with E-state index in [-0.39, 0.29) is 0 Å². The lowest BCUT2D eigenvalue weighted by molar-refractivity contribution is 0.469. The van der Waals surface area contributed by atoms with Crippen LogP contribution in [-0.2, 0) is 12.8 Å². The molecule has 0 spiro atoms. The summed E-state index contributed by atoms with van der Waals surface area (Å²) in [6.45, 7) is 2.30. The van der Waals surface area contributed by atoms with Crippen LogP contribution in [0.2, 0.25) is 0 Å². The molecule has 3 rings (SSSR count). The first-order valence-electron chi connectivity index (χ1n) is 5.94. The summed E-state index contributed by atoms with van der Waals surface area (Å²) >= 11 is 0. The lowest BCUT2D eigenvalue weighted by Crippen LogP contribution is -2.17. The van der Waals surface area contributed by atoms with Gasteiger partial charge in [0, 0.05) is 24.8 Å². The molecular weight excluding hydrogens is 186 g/mol. The molecule has 1 aliphatic heterocycles. The predicted octanol–water partition coefficient (Wildman–Crippen LogP) is 2.48. The van der Waals surface area contributed by atoms with Crippen molar-refractivity contribution in [2.75, 3.05) is 18.0 Å². The predicted molar refractivity (Wildman–Crippen MR) is 61.6 cm³/mol. The number of nitrogens with zero attached hydrogens (tertiary/aromatic N) is 1. The third-order valence-corrected chi connectivity index (χ3v) is 3.65. The molecule has 2 nitrogen and oxygen atoms in total. The Morgan fingerprint density at radius 1 is 1.00 bits per heavy atom. The van der Waals surface area contributed by atoms with Gasteiger partial charge in [-0.25, -0.2) is 0 Å². The van der Waals surface area contributed by atoms with E-state index < -0.39 is 0 Å². The summed E-state index contributed by atoms with van der Waals surface area (Å²) in [6.07, 6.45) is 5.98. The van der Waals surface area contributed by atoms with Gasteiger partial charge in [0.25, 0.3) is 0 Å². The van der Waals surface area contributed by atoms with Crippen LogP contribution in [0.4, 0.5) is 5.69 Å². The van der Waals surface area contributed by atoms with Gasteiger partial charge >= 0.3 is 0 Å². The van der Waals surface area contributed by atoms with Crippen LogP contribution in [-0.4, -0.2) is 18.2 Å². The molecule has 15 heavy (non-hydrogen) atoms. The zero-order chi connectivity index (χ0) is 10.3. The van der Waals surface area contributed by atoms with Crippen molar-refractivity contribution in [2.24, 2.45) is 0 Å². The minimum absolute atomic E-state index is 0.520. The van der Waals surface area contributed by atoms with E-state index >= 15 is 0 Å². The van der Waals surface area contributed by atoms with Gasteiger partial charge in [0.05, 0.1) is 0 Å². The number of phenolic OH excluding ortho intramolecular Hbond substituents is 1. The molecular formula is C13H17NO. The highest BCUT2D eigenvalue weighted by molar-refractivity contribution is 5.58. The minimum Gasteiger partial charge on any atom is -0.508 e. The van der Waals surface area contributed by atoms with Crippen LogP contribution in [0.25, 0.3) is 0 Å². The van der Waals surface area contributed by atoms with E-state index in [4.69, 9.17) is 0 Å². The van der Waals surface area contributed by atoms with Gasteiger partial charge in [-0.05, 0) is 49.3 Å². The molecule has 0 atom stereocenters. The summed E-state index contributed by atoms with van der Waals surface area (Å²) in [6, 6.07) is 4.24. The number of rotatable bonds is 1. The number of aromatic hydroxyl groups is 1. The average molecular weight is 203 g/mol. The van der Waals surface area contributed by atoms with E-state index in [0.717, 1.165) is 25.9 Å². The van der Waals surface area contributed by atoms with Gasteiger partial charge in [-0.15, -0.1) is 0 Å². The smallest absolute Gasteiger partial charge is 0.121 e. The Hall–Kier alpha value is -1.18. The van der Waals surface area contributed by atoms with Crippen molar-refractivity contribution in [1.29, 1.82) is 0 Å². The fraction of sp³-hybridized carbons (Fsp3) is 0.538. The lowest BCUT2D eigenvalue weighted by Gasteiger charge is -2.19. The first kappa shape index (κ1) is 9.08. The molecule has 0 amide bonds. The van der Waals surface area contributed by atoms with Crippen molar-refractivity contribution in [3.8, 4) is 5.75 Å². The van der Waals surface area contributed by atoms with Gasteiger partial charge in [-0.1, -0.05) is 0 Å². The summed E-state index contributed by atoms with van der Waals surface area (Å²) in [5.74, 6) is 0.520. The second-order valence-corrected chi connectivity index (χ2v) is 4.65. The molecule has 80 valence electrons. The monoisotopic (exact) mass is 203 g/mol. The van der Waals surface area contributed by atoms with E-state index in [1.165, 1.54) is 36.1 Å². The van der Waals surface area contributed by atoms with Crippen LogP contribution < -0.4 is 4.90 Å². The maximum Gasteiger partial charge on any atom is 0.121 e. The highest BCUT2D eigenvalue weighted by Gasteiger charge is 2.19. The highest BCUT2D eigenvalue weighted by Crippen LogP contribution is 2.35. The summed E-state index contributed by atoms with van der Waals surface area (Å²) in [4.78, 5) is 2.39. The van der Waals surface area contributed by atoms with Gasteiger partial charge in [-0.3, -0.25) is 0 Å². The Bertz CT molecular complexity index is 380. The molecule has 1 heterocycles. The first-order chi connectivity index (χ1) is 7.34. The molecule has 1 aliphatic carbocycles. The van der Waals surface area contributed by atoms with Crippen LogP contribution >= 0.6 is 0 Å². The van der Waals surface area contributed by atoms with E-state index in [1.807, 2.05) is 6.07 Å². The Kier molecular flexibility index (Phi) is 2.08. The largest absolute Gasteiger partial charge is 0.508 e. The van der Waals surface area contributed by atoms with E-state index in [9.17, 15) is 5.11 Å². The third-order valence-electron chi connectivity index (χ3n) is 3.65. The number of benzene rings is 1. The van der Waals surface area contributed by atoms with Gasteiger partial charge in [0.1, 0.15) is 5.75 Å². The van der Waals surface area contributed by atoms with Crippen molar-refractivity contribution >= 4 is 5.69 Å². The molecule has 0 bridgehead atoms. The molecule has 1 N–H and O–H groups in total. The SMILES string of the molecule is Oc1cc(N2CCCC2)cc2c1CCC2. The molecule has 0 saturated carbocycles. The van der Waals surface area contributed by atoms with Crippen molar-refractivity contribution in [2.45, 2.75) is 32.1 Å². The fourth-order valence-corrected chi connectivity index (χ4v) is 2.82. The number of phenols is 1. The third kappa shape index (κ3) is 1.48. The quantitative estimate of drug-likeness (QED) is 0.758. The number of hydrogen-bond donors (Lipinski definition) is 1. The standard InChI is InChI=1S/C13H17NO/c15-13-9-11(14-6-1-2-7-14)8-10-4-3-5-12(10)13/h8-9,15H,1-7H2. The van der Waals surface area contributed by atoms with E-state index in [1.54, 1.807) is 0 Å². The average Bonchev–Trinajstić information content (AvgIpc) is 2.88. The Morgan fingerprint density at radius 2 is 1.80 bits per heavy atom. The molecule has 1 fully saturated rings. The molecule has 0 radical (unpaired) electrons. The van der Waals surface area contributed by atoms with Crippen molar-refractivity contribution in [3.63, 3.8) is 0 Å². The van der Waals surface area contributed by atoms with Crippen LogP contribution in [0, 0.1) is 0 Å². The van der Waals surface area contributed by atoms with E-state index in [0.29, 0.717) is 5.75 Å². The summed E-state index contributed by atoms with van der Waals surface area (Å²) in [5.41, 5.74) is 3.79. The van der Waals surface area contributed by atoms with Crippen molar-refractivity contribution < 1.29 is 5.11 Å². The fourth-order valence-electron chi connectivity index (χ4n) is 2.82. The molecule has 0 aromatic heterocycles. The lowest BCUT2D eigenvalue weighted by atomic mass is 10.1.